The van der Waals surface area contributed by atoms with Crippen LogP contribution in [0.3, 0.4) is 0 Å². The van der Waals surface area contributed by atoms with Crippen molar-refractivity contribution in [1.29, 1.82) is 0 Å². The van der Waals surface area contributed by atoms with Crippen LogP contribution in [0, 0.1) is 20.8 Å². The maximum atomic E-state index is 13.1. The lowest BCUT2D eigenvalue weighted by atomic mass is 10.1. The van der Waals surface area contributed by atoms with E-state index in [1.807, 2.05) is 26.8 Å². The second-order valence-electron chi connectivity index (χ2n) is 7.38. The van der Waals surface area contributed by atoms with E-state index in [-0.39, 0.29) is 28.6 Å². The number of rotatable bonds is 6. The van der Waals surface area contributed by atoms with Crippen LogP contribution < -0.4 is 5.32 Å². The number of thiophene rings is 1. The summed E-state index contributed by atoms with van der Waals surface area (Å²) in [4.78, 5) is 44.6. The fraction of sp³-hybridized carbons (Fsp3) is 0.381. The molecule has 0 radical (unpaired) electrons. The van der Waals surface area contributed by atoms with Crippen LogP contribution in [0.1, 0.15) is 60.7 Å². The number of amides is 2. The Bertz CT molecular complexity index is 1180. The lowest BCUT2D eigenvalue weighted by Crippen LogP contribution is -2.21. The number of nitrogens with zero attached hydrogens (tertiary/aromatic N) is 4. The number of ether oxygens (including phenoxy) is 1. The molecule has 0 bridgehead atoms. The van der Waals surface area contributed by atoms with Crippen LogP contribution in [0.15, 0.2) is 12.3 Å². The Labute approximate surface area is 184 Å². The summed E-state index contributed by atoms with van der Waals surface area (Å²) in [6.07, 6.45) is 2.10. The molecule has 1 N–H and O–H groups in total. The molecule has 0 spiro atoms. The summed E-state index contributed by atoms with van der Waals surface area (Å²) in [5.41, 5.74) is 2.96. The Morgan fingerprint density at radius 2 is 1.94 bits per heavy atom. The SMILES string of the molecule is CCCOC(=O)c1c(NC(=O)c2cnn3c(C)cc(C)nc23)sc(C(=O)N(C)C)c1C. The molecule has 0 saturated heterocycles. The molecular weight excluding hydrogens is 418 g/mol. The molecule has 0 unspecified atom stereocenters. The van der Waals surface area contributed by atoms with Gasteiger partial charge in [-0.3, -0.25) is 9.59 Å². The molecular formula is C21H25N5O4S. The first-order valence-corrected chi connectivity index (χ1v) is 10.6. The van der Waals surface area contributed by atoms with Crippen molar-refractivity contribution in [3.05, 3.63) is 45.2 Å². The average molecular weight is 444 g/mol. The van der Waals surface area contributed by atoms with E-state index < -0.39 is 11.9 Å². The number of hydrogen-bond donors (Lipinski definition) is 1. The zero-order valence-corrected chi connectivity index (χ0v) is 19.2. The summed E-state index contributed by atoms with van der Waals surface area (Å²) in [6, 6.07) is 1.87. The summed E-state index contributed by atoms with van der Waals surface area (Å²) < 4.78 is 6.87. The number of nitrogens with one attached hydrogen (secondary N) is 1. The molecule has 3 rings (SSSR count). The van der Waals surface area contributed by atoms with Crippen LogP contribution in [-0.4, -0.2) is 58.0 Å². The zero-order valence-electron chi connectivity index (χ0n) is 18.4. The highest BCUT2D eigenvalue weighted by atomic mass is 32.1. The summed E-state index contributed by atoms with van der Waals surface area (Å²) in [5.74, 6) is -1.30. The van der Waals surface area contributed by atoms with Gasteiger partial charge in [0.1, 0.15) is 10.6 Å². The van der Waals surface area contributed by atoms with Gasteiger partial charge in [-0.2, -0.15) is 5.10 Å². The van der Waals surface area contributed by atoms with E-state index in [0.29, 0.717) is 22.5 Å². The highest BCUT2D eigenvalue weighted by molar-refractivity contribution is 7.18. The van der Waals surface area contributed by atoms with Crippen molar-refractivity contribution in [2.24, 2.45) is 0 Å². The summed E-state index contributed by atoms with van der Waals surface area (Å²) in [5, 5.41) is 7.27. The van der Waals surface area contributed by atoms with Crippen molar-refractivity contribution in [3.8, 4) is 0 Å². The third kappa shape index (κ3) is 4.29. The van der Waals surface area contributed by atoms with Crippen LogP contribution in [0.4, 0.5) is 5.00 Å². The average Bonchev–Trinajstić information content (AvgIpc) is 3.26. The minimum Gasteiger partial charge on any atom is -0.462 e. The highest BCUT2D eigenvalue weighted by Gasteiger charge is 2.28. The van der Waals surface area contributed by atoms with Crippen molar-refractivity contribution in [2.45, 2.75) is 34.1 Å². The van der Waals surface area contributed by atoms with E-state index in [2.05, 4.69) is 15.4 Å². The number of esters is 1. The second-order valence-corrected chi connectivity index (χ2v) is 8.40. The van der Waals surface area contributed by atoms with Gasteiger partial charge in [0.05, 0.1) is 23.2 Å². The van der Waals surface area contributed by atoms with Crippen molar-refractivity contribution in [2.75, 3.05) is 26.0 Å². The zero-order chi connectivity index (χ0) is 22.9. The lowest BCUT2D eigenvalue weighted by Gasteiger charge is -2.09. The molecule has 0 aliphatic rings. The molecule has 9 nitrogen and oxygen atoms in total. The van der Waals surface area contributed by atoms with Gasteiger partial charge >= 0.3 is 5.97 Å². The Hall–Kier alpha value is -3.27. The Kier molecular flexibility index (Phi) is 6.40. The fourth-order valence-electron chi connectivity index (χ4n) is 3.12. The Morgan fingerprint density at radius 1 is 1.23 bits per heavy atom. The molecule has 0 aromatic carbocycles. The van der Waals surface area contributed by atoms with Crippen LogP contribution in [-0.2, 0) is 4.74 Å². The molecule has 31 heavy (non-hydrogen) atoms. The van der Waals surface area contributed by atoms with Gasteiger partial charge in [-0.25, -0.2) is 14.3 Å². The Balaban J connectivity index is 2.03. The first kappa shape index (κ1) is 22.4. The van der Waals surface area contributed by atoms with Crippen molar-refractivity contribution < 1.29 is 19.1 Å². The second kappa shape index (κ2) is 8.84. The molecule has 2 amide bonds. The first-order valence-electron chi connectivity index (χ1n) is 9.81. The smallest absolute Gasteiger partial charge is 0.341 e. The molecule has 164 valence electrons. The Morgan fingerprint density at radius 3 is 2.58 bits per heavy atom. The minimum atomic E-state index is -0.576. The van der Waals surface area contributed by atoms with E-state index in [1.165, 1.54) is 11.1 Å². The molecule has 0 saturated carbocycles. The van der Waals surface area contributed by atoms with Crippen molar-refractivity contribution >= 4 is 39.8 Å². The topological polar surface area (TPSA) is 106 Å². The summed E-state index contributed by atoms with van der Waals surface area (Å²) in [6.45, 7) is 7.52. The van der Waals surface area contributed by atoms with Crippen molar-refractivity contribution in [1.82, 2.24) is 19.5 Å². The first-order chi connectivity index (χ1) is 14.6. The quantitative estimate of drug-likeness (QED) is 0.586. The van der Waals surface area contributed by atoms with Gasteiger partial charge in [-0.15, -0.1) is 11.3 Å². The molecule has 0 atom stereocenters. The molecule has 3 aromatic heterocycles. The monoisotopic (exact) mass is 443 g/mol. The van der Waals surface area contributed by atoms with E-state index in [9.17, 15) is 14.4 Å². The maximum absolute atomic E-state index is 13.1. The number of anilines is 1. The summed E-state index contributed by atoms with van der Waals surface area (Å²) in [7, 11) is 3.26. The highest BCUT2D eigenvalue weighted by Crippen LogP contribution is 2.35. The van der Waals surface area contributed by atoms with Crippen LogP contribution in [0.2, 0.25) is 0 Å². The molecule has 0 fully saturated rings. The van der Waals surface area contributed by atoms with E-state index >= 15 is 0 Å². The predicted molar refractivity (Wildman–Crippen MR) is 118 cm³/mol. The molecule has 0 aliphatic heterocycles. The van der Waals surface area contributed by atoms with E-state index in [1.54, 1.807) is 25.5 Å². The van der Waals surface area contributed by atoms with Crippen LogP contribution in [0.5, 0.6) is 0 Å². The molecule has 3 heterocycles. The number of carbonyl (C=O) groups is 3. The third-order valence-corrected chi connectivity index (χ3v) is 5.83. The van der Waals surface area contributed by atoms with Gasteiger partial charge in [0, 0.05) is 25.5 Å². The standard InChI is InChI=1S/C21H25N5O4S/c1-7-8-30-21(29)15-13(4)16(20(28)25(5)6)31-19(15)24-18(27)14-10-22-26-12(3)9-11(2)23-17(14)26/h9-10H,7-8H2,1-6H3,(H,24,27). The van der Waals surface area contributed by atoms with E-state index in [0.717, 1.165) is 22.7 Å². The predicted octanol–water partition coefficient (Wildman–Crippen LogP) is 3.24. The van der Waals surface area contributed by atoms with Gasteiger partial charge in [0.15, 0.2) is 5.65 Å². The van der Waals surface area contributed by atoms with Gasteiger partial charge in [-0.1, -0.05) is 6.92 Å². The number of aromatic nitrogens is 3. The van der Waals surface area contributed by atoms with Crippen molar-refractivity contribution in [3.63, 3.8) is 0 Å². The van der Waals surface area contributed by atoms with Gasteiger partial charge < -0.3 is 15.0 Å². The maximum Gasteiger partial charge on any atom is 0.341 e. The van der Waals surface area contributed by atoms with Gasteiger partial charge in [0.25, 0.3) is 11.8 Å². The van der Waals surface area contributed by atoms with Gasteiger partial charge in [-0.05, 0) is 38.8 Å². The molecule has 3 aromatic rings. The normalized spacial score (nSPS) is 10.9. The molecule has 0 aliphatic carbocycles. The number of carbonyl (C=O) groups excluding carboxylic acids is 3. The van der Waals surface area contributed by atoms with E-state index in [4.69, 9.17) is 4.74 Å². The number of aryl methyl sites for hydroxylation is 2. The minimum absolute atomic E-state index is 0.189. The number of fused-ring (bicyclic) bond motifs is 1. The fourth-order valence-corrected chi connectivity index (χ4v) is 4.33. The largest absolute Gasteiger partial charge is 0.462 e. The van der Waals surface area contributed by atoms with Crippen LogP contribution in [0.25, 0.3) is 5.65 Å². The molecule has 10 heteroatoms. The van der Waals surface area contributed by atoms with Crippen LogP contribution >= 0.6 is 11.3 Å². The lowest BCUT2D eigenvalue weighted by molar-refractivity contribution is 0.0506. The summed E-state index contributed by atoms with van der Waals surface area (Å²) >= 11 is 1.05. The van der Waals surface area contributed by atoms with Gasteiger partial charge in [0.2, 0.25) is 0 Å². The number of hydrogen-bond acceptors (Lipinski definition) is 7. The third-order valence-electron chi connectivity index (χ3n) is 4.64.